The van der Waals surface area contributed by atoms with Gasteiger partial charge in [-0.25, -0.2) is 4.79 Å². The van der Waals surface area contributed by atoms with Crippen LogP contribution in [0.3, 0.4) is 0 Å². The van der Waals surface area contributed by atoms with E-state index in [-0.39, 0.29) is 54.9 Å². The highest BCUT2D eigenvalue weighted by atomic mass is 79.9. The first kappa shape index (κ1) is 75.0. The van der Waals surface area contributed by atoms with Gasteiger partial charge in [0.2, 0.25) is 41.4 Å². The molecule has 0 radical (unpaired) electrons. The van der Waals surface area contributed by atoms with Crippen molar-refractivity contribution in [3.8, 4) is 0 Å². The Morgan fingerprint density at radius 1 is 0.742 bits per heavy atom. The average Bonchev–Trinajstić information content (AvgIpc) is 3.18. The summed E-state index contributed by atoms with van der Waals surface area (Å²) in [5.74, 6) is -5.14. The quantitative estimate of drug-likeness (QED) is 0.0386. The third-order valence-electron chi connectivity index (χ3n) is 17.1. The number of aliphatic hydroxyl groups excluding tert-OH is 2. The largest absolute Gasteiger partial charge is 0.445 e. The Balaban J connectivity index is 1.32. The van der Waals surface area contributed by atoms with Gasteiger partial charge in [-0.15, -0.1) is 0 Å². The number of nitrogens with one attached hydrogen (secondary N) is 5. The molecular formula is C65H100BrN9O14. The molecule has 13 atom stereocenters. The Morgan fingerprint density at radius 2 is 1.38 bits per heavy atom. The number of hydrogen-bond acceptors (Lipinski definition) is 14. The maximum Gasteiger partial charge on any atom is 0.410 e. The lowest BCUT2D eigenvalue weighted by Crippen LogP contribution is -2.60. The van der Waals surface area contributed by atoms with Crippen LogP contribution in [0.4, 0.5) is 10.5 Å². The van der Waals surface area contributed by atoms with Crippen molar-refractivity contribution in [1.29, 1.82) is 0 Å². The summed E-state index contributed by atoms with van der Waals surface area (Å²) in [7, 11) is 6.12. The lowest BCUT2D eigenvalue weighted by molar-refractivity contribution is -0.148. The van der Waals surface area contributed by atoms with Crippen LogP contribution in [-0.2, 0) is 59.2 Å². The van der Waals surface area contributed by atoms with E-state index in [1.54, 1.807) is 94.8 Å². The zero-order valence-electron chi connectivity index (χ0n) is 54.7. The van der Waals surface area contributed by atoms with Crippen LogP contribution < -0.4 is 26.6 Å². The molecule has 2 aliphatic rings. The number of aliphatic hydroxyl groups is 2. The van der Waals surface area contributed by atoms with Crippen LogP contribution >= 0.6 is 15.9 Å². The molecule has 0 aliphatic carbocycles. The molecule has 23 nitrogen and oxygen atoms in total. The van der Waals surface area contributed by atoms with Crippen molar-refractivity contribution in [2.45, 2.75) is 201 Å². The number of anilines is 1. The highest BCUT2D eigenvalue weighted by Crippen LogP contribution is 2.31. The van der Waals surface area contributed by atoms with Crippen molar-refractivity contribution >= 4 is 75.0 Å². The number of unbranched alkanes of at least 4 members (excludes halogenated alkanes) is 2. The molecule has 2 aromatic carbocycles. The molecule has 2 aromatic rings. The van der Waals surface area contributed by atoms with Gasteiger partial charge in [-0.3, -0.25) is 43.3 Å². The Kier molecular flexibility index (Phi) is 30.2. The molecule has 0 aromatic heterocycles. The first-order valence-corrected chi connectivity index (χ1v) is 32.0. The highest BCUT2D eigenvalue weighted by Gasteiger charge is 2.44. The molecule has 2 heterocycles. The smallest absolute Gasteiger partial charge is 0.410 e. The number of likely N-dealkylation sites (N-methyl/N-ethyl adjacent to an activating group) is 2. The van der Waals surface area contributed by atoms with E-state index < -0.39 is 114 Å². The number of rotatable bonds is 34. The minimum absolute atomic E-state index is 0.0792. The third-order valence-corrected chi connectivity index (χ3v) is 17.7. The molecule has 9 amide bonds. The number of halogens is 1. The van der Waals surface area contributed by atoms with E-state index >= 15 is 0 Å². The molecule has 0 spiro atoms. The number of benzene rings is 2. The minimum atomic E-state index is -1.06. The summed E-state index contributed by atoms with van der Waals surface area (Å²) < 4.78 is 18.0. The Bertz CT molecular complexity index is 2720. The van der Waals surface area contributed by atoms with Crippen LogP contribution in [-0.4, -0.2) is 185 Å². The van der Waals surface area contributed by atoms with Crippen LogP contribution in [0, 0.1) is 29.6 Å². The number of likely N-dealkylation sites (tertiary alicyclic amines) is 1. The zero-order chi connectivity index (χ0) is 66.6. The first-order valence-electron chi connectivity index (χ1n) is 31.2. The van der Waals surface area contributed by atoms with Crippen LogP contribution in [0.1, 0.15) is 145 Å². The molecule has 1 saturated heterocycles. The second-order valence-electron chi connectivity index (χ2n) is 24.8. The normalized spacial score (nSPS) is 18.8. The molecule has 496 valence electrons. The van der Waals surface area contributed by atoms with E-state index in [1.807, 2.05) is 45.9 Å². The van der Waals surface area contributed by atoms with Crippen molar-refractivity contribution in [2.75, 3.05) is 46.7 Å². The number of ether oxygens (including phenoxy) is 3. The summed E-state index contributed by atoms with van der Waals surface area (Å²) >= 11 is 3.13. The number of hydrogen-bond donors (Lipinski definition) is 7. The Labute approximate surface area is 534 Å². The van der Waals surface area contributed by atoms with Gasteiger partial charge in [-0.2, -0.15) is 0 Å². The predicted octanol–water partition coefficient (Wildman–Crippen LogP) is 6.16. The SMILES string of the molecule is CC[C@@H](C)[C@@H]([C@@H](CC(=O)N1CCC[C@H]1[C@H](OC)[C@@H](C)C(=O)N[C@@H](C)[C@H](O)c1ccccc1)OC)N(C)C(=O)[C@@H](NC(=O)[C@H](C(C)C)N(C)C(=O)OCc1ccc(NC(=O)[C@@H](C)NC(=O)[C@H](NC(=O)CCCCCN2C(=O)C(Br)=CC2O)C(C)C)cc1)C(C)C. The van der Waals surface area contributed by atoms with Crippen molar-refractivity contribution in [2.24, 2.45) is 29.6 Å². The van der Waals surface area contributed by atoms with Crippen molar-refractivity contribution in [3.05, 3.63) is 76.3 Å². The fourth-order valence-electron chi connectivity index (χ4n) is 11.5. The van der Waals surface area contributed by atoms with Gasteiger partial charge in [0.25, 0.3) is 5.91 Å². The molecule has 24 heteroatoms. The third kappa shape index (κ3) is 21.0. The number of carbonyl (C=O) groups excluding carboxylic acids is 9. The van der Waals surface area contributed by atoms with Gasteiger partial charge in [0, 0.05) is 53.5 Å². The van der Waals surface area contributed by atoms with Gasteiger partial charge in [0.1, 0.15) is 37.0 Å². The maximum atomic E-state index is 14.8. The van der Waals surface area contributed by atoms with Crippen molar-refractivity contribution in [1.82, 2.24) is 40.9 Å². The van der Waals surface area contributed by atoms with Crippen LogP contribution in [0.2, 0.25) is 0 Å². The summed E-state index contributed by atoms with van der Waals surface area (Å²) in [6.45, 7) is 20.3. The monoisotopic (exact) mass is 1310 g/mol. The van der Waals surface area contributed by atoms with Crippen molar-refractivity contribution in [3.63, 3.8) is 0 Å². The molecule has 2 aliphatic heterocycles. The van der Waals surface area contributed by atoms with E-state index in [1.165, 1.54) is 44.1 Å². The summed E-state index contributed by atoms with van der Waals surface area (Å²) in [6, 6.07) is 9.96. The maximum absolute atomic E-state index is 14.8. The molecule has 4 rings (SSSR count). The highest BCUT2D eigenvalue weighted by molar-refractivity contribution is 9.12. The lowest BCUT2D eigenvalue weighted by atomic mass is 9.89. The number of methoxy groups -OCH3 is 2. The molecule has 1 fully saturated rings. The van der Waals surface area contributed by atoms with E-state index in [9.17, 15) is 53.4 Å². The summed E-state index contributed by atoms with van der Waals surface area (Å²) in [6.07, 6.45) is 0.975. The first-order chi connectivity index (χ1) is 42.0. The number of amides is 9. The summed E-state index contributed by atoms with van der Waals surface area (Å²) in [5.41, 5.74) is 1.64. The van der Waals surface area contributed by atoms with Gasteiger partial charge in [0.15, 0.2) is 0 Å². The van der Waals surface area contributed by atoms with Gasteiger partial charge >= 0.3 is 6.09 Å². The molecular weight excluding hydrogens is 1210 g/mol. The number of nitrogens with zero attached hydrogens (tertiary/aromatic N) is 4. The van der Waals surface area contributed by atoms with E-state index in [0.717, 1.165) is 0 Å². The molecule has 0 saturated carbocycles. The Hall–Kier alpha value is -6.47. The minimum Gasteiger partial charge on any atom is -0.445 e. The standard InChI is InChI=1S/C65H100BrN9O14/c1-16-40(8)56(49(87-14)35-52(78)74-33-23-26-48(74)58(88-15)41(9)59(80)67-42(10)57(79)45-24-19-17-20-25-45)72(12)64(85)54(38(4)5)71-62(83)55(39(6)7)73(13)65(86)89-36-44-28-30-46(31-29-44)69-60(81)43(11)68-61(82)53(37(2)3)70-50(76)27-21-18-22-32-75-51(77)34-47(66)63(75)84/h17,19-20,24-25,28-31,34,37-43,48-49,51,53-58,77,79H,16,18,21-23,26-27,32-33,35-36H2,1-15H3,(H,67,80)(H,68,82)(H,69,81)(H,70,76)(H,71,83)/t40-,41-,42+,43-,48+,49-,51?,53-,54+,55+,56+,57+,58-/m1/s1. The van der Waals surface area contributed by atoms with Crippen LogP contribution in [0.5, 0.6) is 0 Å². The topological polar surface area (TPSA) is 295 Å². The van der Waals surface area contributed by atoms with Crippen LogP contribution in [0.25, 0.3) is 0 Å². The van der Waals surface area contributed by atoms with Crippen LogP contribution in [0.15, 0.2) is 65.2 Å². The lowest BCUT2D eigenvalue weighted by Gasteiger charge is -2.41. The van der Waals surface area contributed by atoms with Gasteiger partial charge in [-0.1, -0.05) is 118 Å². The molecule has 89 heavy (non-hydrogen) atoms. The predicted molar refractivity (Wildman–Crippen MR) is 341 cm³/mol. The second-order valence-corrected chi connectivity index (χ2v) is 25.6. The number of carbonyl (C=O) groups is 9. The molecule has 1 unspecified atom stereocenters. The van der Waals surface area contributed by atoms with E-state index in [4.69, 9.17) is 14.2 Å². The molecule has 0 bridgehead atoms. The van der Waals surface area contributed by atoms with Gasteiger partial charge in [0.05, 0.1) is 53.3 Å². The van der Waals surface area contributed by atoms with Gasteiger partial charge < -0.3 is 65.7 Å². The second kappa shape index (κ2) is 35.8. The zero-order valence-corrected chi connectivity index (χ0v) is 56.3. The fourth-order valence-corrected chi connectivity index (χ4v) is 12.0. The Morgan fingerprint density at radius 3 is 1.94 bits per heavy atom. The fraction of sp³-hybridized carbons (Fsp3) is 0.646. The summed E-state index contributed by atoms with van der Waals surface area (Å²) in [5, 5.41) is 35.1. The summed E-state index contributed by atoms with van der Waals surface area (Å²) in [4.78, 5) is 128. The van der Waals surface area contributed by atoms with Crippen molar-refractivity contribution < 1.29 is 67.6 Å². The van der Waals surface area contributed by atoms with E-state index in [2.05, 4.69) is 42.5 Å². The molecule has 7 N–H and O–H groups in total. The van der Waals surface area contributed by atoms with Gasteiger partial charge in [-0.05, 0) is 108 Å². The van der Waals surface area contributed by atoms with E-state index in [0.29, 0.717) is 72.9 Å². The average molecular weight is 1310 g/mol.